The van der Waals surface area contributed by atoms with Crippen molar-refractivity contribution in [3.8, 4) is 11.3 Å². The van der Waals surface area contributed by atoms with Crippen LogP contribution < -0.4 is 5.32 Å². The second-order valence-electron chi connectivity index (χ2n) is 3.98. The van der Waals surface area contributed by atoms with Crippen molar-refractivity contribution >= 4 is 0 Å². The van der Waals surface area contributed by atoms with Gasteiger partial charge >= 0.3 is 0 Å². The molecule has 3 heterocycles. The van der Waals surface area contributed by atoms with E-state index < -0.39 is 0 Å². The van der Waals surface area contributed by atoms with E-state index in [1.54, 1.807) is 0 Å². The normalized spacial score (nSPS) is 16.3. The van der Waals surface area contributed by atoms with E-state index in [2.05, 4.69) is 27.7 Å². The third kappa shape index (κ3) is 1.51. The predicted molar refractivity (Wildman–Crippen MR) is 58.8 cm³/mol. The molecule has 1 fully saturated rings. The van der Waals surface area contributed by atoms with Crippen LogP contribution in [0.2, 0.25) is 0 Å². The van der Waals surface area contributed by atoms with Gasteiger partial charge in [-0.05, 0) is 6.92 Å². The van der Waals surface area contributed by atoms with E-state index in [0.29, 0.717) is 6.04 Å². The number of rotatable bonds is 3. The fourth-order valence-corrected chi connectivity index (χ4v) is 1.72. The summed E-state index contributed by atoms with van der Waals surface area (Å²) in [4.78, 5) is 0. The first kappa shape index (κ1) is 9.53. The van der Waals surface area contributed by atoms with Gasteiger partial charge < -0.3 is 5.32 Å². The van der Waals surface area contributed by atoms with Gasteiger partial charge in [-0.3, -0.25) is 4.68 Å². The molecule has 84 valence electrons. The maximum absolute atomic E-state index is 4.23. The van der Waals surface area contributed by atoms with Crippen LogP contribution in [0.15, 0.2) is 18.6 Å². The minimum atomic E-state index is 0.461. The van der Waals surface area contributed by atoms with Gasteiger partial charge in [0.2, 0.25) is 0 Å². The van der Waals surface area contributed by atoms with Crippen molar-refractivity contribution in [2.75, 3.05) is 13.1 Å². The lowest BCUT2D eigenvalue weighted by Gasteiger charge is -2.26. The van der Waals surface area contributed by atoms with Crippen molar-refractivity contribution in [3.05, 3.63) is 18.6 Å². The highest BCUT2D eigenvalue weighted by Crippen LogP contribution is 2.17. The van der Waals surface area contributed by atoms with Crippen LogP contribution >= 0.6 is 0 Å². The first-order chi connectivity index (χ1) is 7.86. The Kier molecular flexibility index (Phi) is 2.21. The fourth-order valence-electron chi connectivity index (χ4n) is 1.72. The molecule has 0 atom stereocenters. The van der Waals surface area contributed by atoms with Crippen molar-refractivity contribution in [1.82, 2.24) is 30.1 Å². The molecule has 2 aromatic rings. The summed E-state index contributed by atoms with van der Waals surface area (Å²) in [6, 6.07) is 0.461. The Morgan fingerprint density at radius 2 is 2.31 bits per heavy atom. The molecule has 0 unspecified atom stereocenters. The molecular weight excluding hydrogens is 204 g/mol. The van der Waals surface area contributed by atoms with E-state index in [4.69, 9.17) is 0 Å². The topological polar surface area (TPSA) is 60.6 Å². The first-order valence-electron chi connectivity index (χ1n) is 5.52. The van der Waals surface area contributed by atoms with E-state index in [-0.39, 0.29) is 0 Å². The Labute approximate surface area is 93.3 Å². The maximum atomic E-state index is 4.23. The summed E-state index contributed by atoms with van der Waals surface area (Å²) < 4.78 is 3.81. The molecule has 0 amide bonds. The summed E-state index contributed by atoms with van der Waals surface area (Å²) >= 11 is 0. The van der Waals surface area contributed by atoms with Crippen LogP contribution in [0.3, 0.4) is 0 Å². The molecule has 1 N–H and O–H groups in total. The van der Waals surface area contributed by atoms with Crippen molar-refractivity contribution < 1.29 is 0 Å². The molecule has 3 rings (SSSR count). The number of nitrogens with one attached hydrogen (secondary N) is 1. The molecule has 6 nitrogen and oxygen atoms in total. The van der Waals surface area contributed by atoms with E-state index >= 15 is 0 Å². The summed E-state index contributed by atoms with van der Waals surface area (Å²) in [5.74, 6) is 0. The lowest BCUT2D eigenvalue weighted by atomic mass is 10.2. The molecule has 0 radical (unpaired) electrons. The molecule has 0 aromatic carbocycles. The van der Waals surface area contributed by atoms with Crippen molar-refractivity contribution in [2.24, 2.45) is 0 Å². The molecule has 0 bridgehead atoms. The van der Waals surface area contributed by atoms with Crippen LogP contribution in [-0.4, -0.2) is 37.9 Å². The zero-order chi connectivity index (χ0) is 11.0. The highest BCUT2D eigenvalue weighted by atomic mass is 15.5. The first-order valence-corrected chi connectivity index (χ1v) is 5.52. The second kappa shape index (κ2) is 3.71. The smallest absolute Gasteiger partial charge is 0.116 e. The minimum absolute atomic E-state index is 0.461. The largest absolute Gasteiger partial charge is 0.312 e. The molecule has 1 aliphatic rings. The van der Waals surface area contributed by atoms with Gasteiger partial charge in [-0.2, -0.15) is 5.10 Å². The second-order valence-corrected chi connectivity index (χ2v) is 3.98. The Hall–Kier alpha value is -1.69. The highest BCUT2D eigenvalue weighted by Gasteiger charge is 2.20. The van der Waals surface area contributed by atoms with Crippen molar-refractivity contribution in [1.29, 1.82) is 0 Å². The Bertz CT molecular complexity index is 481. The van der Waals surface area contributed by atoms with Crippen LogP contribution in [0.5, 0.6) is 0 Å². The number of nitrogens with zero attached hydrogens (tertiary/aromatic N) is 5. The lowest BCUT2D eigenvalue weighted by Crippen LogP contribution is -2.43. The molecular formula is C10H14N6. The van der Waals surface area contributed by atoms with Crippen molar-refractivity contribution in [3.63, 3.8) is 0 Å². The zero-order valence-electron chi connectivity index (χ0n) is 9.17. The number of aromatic nitrogens is 5. The Morgan fingerprint density at radius 1 is 1.44 bits per heavy atom. The number of aryl methyl sites for hydroxylation is 1. The van der Waals surface area contributed by atoms with Gasteiger partial charge in [0.1, 0.15) is 5.69 Å². The van der Waals surface area contributed by atoms with Gasteiger partial charge in [-0.25, -0.2) is 4.68 Å². The highest BCUT2D eigenvalue weighted by molar-refractivity contribution is 5.55. The molecule has 1 saturated heterocycles. The predicted octanol–water partition coefficient (Wildman–Crippen LogP) is 0.306. The van der Waals surface area contributed by atoms with Gasteiger partial charge in [0.25, 0.3) is 0 Å². The van der Waals surface area contributed by atoms with E-state index in [1.165, 1.54) is 0 Å². The molecule has 1 aliphatic heterocycles. The van der Waals surface area contributed by atoms with Crippen molar-refractivity contribution in [2.45, 2.75) is 19.5 Å². The molecule has 6 heteroatoms. The number of hydrogen-bond donors (Lipinski definition) is 1. The third-order valence-corrected chi connectivity index (χ3v) is 2.90. The van der Waals surface area contributed by atoms with E-state index in [1.807, 2.05) is 28.0 Å². The van der Waals surface area contributed by atoms with Gasteiger partial charge in [-0.15, -0.1) is 5.10 Å². The SMILES string of the molecule is CCn1cc(-c2cn(C3CNC3)nn2)cn1. The third-order valence-electron chi connectivity index (χ3n) is 2.90. The van der Waals surface area contributed by atoms with Gasteiger partial charge in [-0.1, -0.05) is 5.21 Å². The summed E-state index contributed by atoms with van der Waals surface area (Å²) in [5.41, 5.74) is 1.92. The molecule has 2 aromatic heterocycles. The van der Waals surface area contributed by atoms with Crippen LogP contribution in [0.4, 0.5) is 0 Å². The Balaban J connectivity index is 1.85. The van der Waals surface area contributed by atoms with E-state index in [0.717, 1.165) is 30.9 Å². The summed E-state index contributed by atoms with van der Waals surface area (Å²) in [5, 5.41) is 15.8. The Morgan fingerprint density at radius 3 is 2.94 bits per heavy atom. The standard InChI is InChI=1S/C10H14N6/c1-2-15-6-8(3-12-15)10-7-16(14-13-10)9-4-11-5-9/h3,6-7,9,11H,2,4-5H2,1H3. The van der Waals surface area contributed by atoms with Gasteiger partial charge in [0.15, 0.2) is 0 Å². The molecule has 0 saturated carbocycles. The lowest BCUT2D eigenvalue weighted by molar-refractivity contribution is 0.313. The molecule has 0 aliphatic carbocycles. The monoisotopic (exact) mass is 218 g/mol. The van der Waals surface area contributed by atoms with Crippen LogP contribution in [0, 0.1) is 0 Å². The van der Waals surface area contributed by atoms with Gasteiger partial charge in [0, 0.05) is 31.4 Å². The van der Waals surface area contributed by atoms with E-state index in [9.17, 15) is 0 Å². The maximum Gasteiger partial charge on any atom is 0.116 e. The number of hydrogen-bond acceptors (Lipinski definition) is 4. The molecule has 16 heavy (non-hydrogen) atoms. The zero-order valence-corrected chi connectivity index (χ0v) is 9.17. The molecule has 0 spiro atoms. The summed E-state index contributed by atoms with van der Waals surface area (Å²) in [7, 11) is 0. The quantitative estimate of drug-likeness (QED) is 0.805. The van der Waals surface area contributed by atoms with Crippen LogP contribution in [-0.2, 0) is 6.54 Å². The van der Waals surface area contributed by atoms with Crippen LogP contribution in [0.25, 0.3) is 11.3 Å². The summed E-state index contributed by atoms with van der Waals surface area (Å²) in [6.07, 6.45) is 5.81. The minimum Gasteiger partial charge on any atom is -0.312 e. The average molecular weight is 218 g/mol. The average Bonchev–Trinajstić information content (AvgIpc) is 2.81. The van der Waals surface area contributed by atoms with Crippen LogP contribution in [0.1, 0.15) is 13.0 Å². The van der Waals surface area contributed by atoms with Gasteiger partial charge in [0.05, 0.1) is 18.4 Å². The summed E-state index contributed by atoms with van der Waals surface area (Å²) in [6.45, 7) is 4.91. The fraction of sp³-hybridized carbons (Fsp3) is 0.500.